The largest absolute Gasteiger partial charge is 0.370 e. The van der Waals surface area contributed by atoms with Crippen molar-refractivity contribution in [3.63, 3.8) is 0 Å². The second-order valence-electron chi connectivity index (χ2n) is 4.30. The van der Waals surface area contributed by atoms with Crippen LogP contribution in [-0.4, -0.2) is 28.8 Å². The lowest BCUT2D eigenvalue weighted by molar-refractivity contribution is 0.766. The van der Waals surface area contributed by atoms with Gasteiger partial charge in [0.1, 0.15) is 0 Å². The highest BCUT2D eigenvalue weighted by Gasteiger charge is 1.97. The molecule has 2 heterocycles. The Morgan fingerprint density at radius 1 is 1.50 bits per heavy atom. The summed E-state index contributed by atoms with van der Waals surface area (Å²) in [6.45, 7) is 1.51. The fourth-order valence-corrected chi connectivity index (χ4v) is 2.43. The summed E-state index contributed by atoms with van der Waals surface area (Å²) < 4.78 is 1.80. The molecule has 0 aromatic carbocycles. The van der Waals surface area contributed by atoms with Crippen molar-refractivity contribution in [2.45, 2.75) is 12.8 Å². The van der Waals surface area contributed by atoms with Gasteiger partial charge in [-0.1, -0.05) is 6.07 Å². The van der Waals surface area contributed by atoms with Gasteiger partial charge >= 0.3 is 0 Å². The number of aliphatic imine (C=N–C) groups is 1. The number of halogens is 1. The molecule has 0 atom stereocenters. The van der Waals surface area contributed by atoms with Crippen LogP contribution in [0.5, 0.6) is 0 Å². The Labute approximate surface area is 140 Å². The van der Waals surface area contributed by atoms with Crippen LogP contribution in [0.2, 0.25) is 0 Å². The Bertz CT molecular complexity index is 521. The van der Waals surface area contributed by atoms with Gasteiger partial charge in [0.25, 0.3) is 0 Å². The number of aromatic nitrogens is 2. The summed E-state index contributed by atoms with van der Waals surface area (Å²) in [7, 11) is 1.91. The first-order valence-electron chi connectivity index (χ1n) is 6.28. The lowest BCUT2D eigenvalue weighted by Crippen LogP contribution is -2.33. The lowest BCUT2D eigenvalue weighted by atomic mass is 10.2. The summed E-state index contributed by atoms with van der Waals surface area (Å²) in [6.07, 6.45) is 5.72. The molecule has 0 bridgehead atoms. The molecule has 7 heteroatoms. The first-order valence-corrected chi connectivity index (χ1v) is 7.15. The number of guanidine groups is 1. The van der Waals surface area contributed by atoms with Crippen molar-refractivity contribution in [2.24, 2.45) is 17.8 Å². The van der Waals surface area contributed by atoms with Gasteiger partial charge in [-0.05, 0) is 23.4 Å². The van der Waals surface area contributed by atoms with E-state index < -0.39 is 0 Å². The summed E-state index contributed by atoms with van der Waals surface area (Å²) in [5.74, 6) is 0.514. The van der Waals surface area contributed by atoms with Gasteiger partial charge in [0.2, 0.25) is 0 Å². The van der Waals surface area contributed by atoms with E-state index >= 15 is 0 Å². The van der Waals surface area contributed by atoms with E-state index in [0.29, 0.717) is 5.96 Å². The maximum absolute atomic E-state index is 5.80. The van der Waals surface area contributed by atoms with Crippen molar-refractivity contribution in [1.82, 2.24) is 15.1 Å². The number of thiophene rings is 1. The molecule has 0 spiro atoms. The Morgan fingerprint density at radius 2 is 2.35 bits per heavy atom. The molecule has 2 rings (SSSR count). The Morgan fingerprint density at radius 3 is 3.00 bits per heavy atom. The second kappa shape index (κ2) is 8.96. The van der Waals surface area contributed by atoms with Crippen LogP contribution in [0.4, 0.5) is 0 Å². The number of nitrogens with zero attached hydrogens (tertiary/aromatic N) is 3. The summed E-state index contributed by atoms with van der Waals surface area (Å²) in [4.78, 5) is 5.64. The Kier molecular flexibility index (Phi) is 7.60. The van der Waals surface area contributed by atoms with Crippen LogP contribution >= 0.6 is 35.3 Å². The van der Waals surface area contributed by atoms with E-state index in [4.69, 9.17) is 5.73 Å². The number of hydrogen-bond donors (Lipinski definition) is 2. The number of aryl methyl sites for hydroxylation is 1. The molecule has 2 aromatic rings. The molecule has 0 saturated heterocycles. The summed E-state index contributed by atoms with van der Waals surface area (Å²) in [5.41, 5.74) is 7.00. The number of nitrogens with two attached hydrogens (primary N) is 1. The average Bonchev–Trinajstić information content (AvgIpc) is 3.01. The van der Waals surface area contributed by atoms with E-state index in [0.717, 1.165) is 25.9 Å². The minimum Gasteiger partial charge on any atom is -0.370 e. The van der Waals surface area contributed by atoms with Gasteiger partial charge in [-0.3, -0.25) is 9.67 Å². The molecular weight excluding hydrogens is 385 g/mol. The van der Waals surface area contributed by atoms with E-state index in [9.17, 15) is 0 Å². The van der Waals surface area contributed by atoms with Crippen LogP contribution in [0, 0.1) is 0 Å². The lowest BCUT2D eigenvalue weighted by Gasteiger charge is -2.04. The Hall–Kier alpha value is -1.09. The van der Waals surface area contributed by atoms with Crippen LogP contribution in [0.3, 0.4) is 0 Å². The zero-order valence-corrected chi connectivity index (χ0v) is 14.6. The van der Waals surface area contributed by atoms with Gasteiger partial charge in [-0.25, -0.2) is 0 Å². The molecule has 0 aliphatic rings. The van der Waals surface area contributed by atoms with Gasteiger partial charge < -0.3 is 11.1 Å². The van der Waals surface area contributed by atoms with E-state index in [-0.39, 0.29) is 24.0 Å². The number of rotatable bonds is 6. The number of hydrogen-bond acceptors (Lipinski definition) is 3. The fraction of sp³-hybridized carbons (Fsp3) is 0.385. The van der Waals surface area contributed by atoms with E-state index in [1.54, 1.807) is 16.0 Å². The van der Waals surface area contributed by atoms with Gasteiger partial charge in [-0.15, -0.1) is 35.3 Å². The molecule has 20 heavy (non-hydrogen) atoms. The minimum absolute atomic E-state index is 0. The maximum Gasteiger partial charge on any atom is 0.188 e. The quantitative estimate of drug-likeness (QED) is 0.438. The molecule has 0 unspecified atom stereocenters. The molecule has 0 saturated carbocycles. The van der Waals surface area contributed by atoms with Crippen LogP contribution < -0.4 is 11.1 Å². The molecule has 0 aliphatic heterocycles. The third-order valence-electron chi connectivity index (χ3n) is 2.70. The van der Waals surface area contributed by atoms with Crippen molar-refractivity contribution in [2.75, 3.05) is 13.1 Å². The minimum atomic E-state index is 0. The highest BCUT2D eigenvalue weighted by Crippen LogP contribution is 2.08. The molecular formula is C13H20IN5S. The molecule has 5 nitrogen and oxygen atoms in total. The fourth-order valence-electron chi connectivity index (χ4n) is 1.73. The van der Waals surface area contributed by atoms with Crippen LogP contribution in [-0.2, 0) is 19.9 Å². The summed E-state index contributed by atoms with van der Waals surface area (Å²) >= 11 is 1.75. The molecule has 110 valence electrons. The van der Waals surface area contributed by atoms with Crippen molar-refractivity contribution in [1.29, 1.82) is 0 Å². The first kappa shape index (κ1) is 17.0. The predicted octanol–water partition coefficient (Wildman–Crippen LogP) is 1.79. The molecule has 0 fully saturated rings. The SMILES string of the molecule is Cn1cc(CCNC(N)=NCCc2cccs2)cn1.I. The zero-order valence-electron chi connectivity index (χ0n) is 11.5. The van der Waals surface area contributed by atoms with Gasteiger partial charge in [-0.2, -0.15) is 5.10 Å². The number of nitrogens with one attached hydrogen (secondary N) is 1. The van der Waals surface area contributed by atoms with Gasteiger partial charge in [0.15, 0.2) is 5.96 Å². The van der Waals surface area contributed by atoms with Crippen LogP contribution in [0.25, 0.3) is 0 Å². The summed E-state index contributed by atoms with van der Waals surface area (Å²) in [5, 5.41) is 9.31. The normalized spacial score (nSPS) is 11.2. The monoisotopic (exact) mass is 405 g/mol. The smallest absolute Gasteiger partial charge is 0.188 e. The van der Waals surface area contributed by atoms with Crippen molar-refractivity contribution in [3.05, 3.63) is 40.3 Å². The summed E-state index contributed by atoms with van der Waals surface area (Å²) in [6, 6.07) is 4.17. The standard InChI is InChI=1S/C13H19N5S.HI/c1-18-10-11(9-17-18)4-6-15-13(14)16-7-5-12-3-2-8-19-12;/h2-3,8-10H,4-7H2,1H3,(H3,14,15,16);1H. The molecule has 3 N–H and O–H groups in total. The third kappa shape index (κ3) is 5.91. The van der Waals surface area contributed by atoms with Crippen LogP contribution in [0.15, 0.2) is 34.9 Å². The van der Waals surface area contributed by atoms with Crippen molar-refractivity contribution >= 4 is 41.3 Å². The Balaban J connectivity index is 0.00000200. The highest BCUT2D eigenvalue weighted by atomic mass is 127. The molecule has 0 amide bonds. The second-order valence-corrected chi connectivity index (χ2v) is 5.33. The van der Waals surface area contributed by atoms with Gasteiger partial charge in [0.05, 0.1) is 6.20 Å². The van der Waals surface area contributed by atoms with Gasteiger partial charge in [0, 0.05) is 37.6 Å². The van der Waals surface area contributed by atoms with E-state index in [1.807, 2.05) is 19.4 Å². The maximum atomic E-state index is 5.80. The first-order chi connectivity index (χ1) is 9.24. The van der Waals surface area contributed by atoms with Crippen molar-refractivity contribution in [3.8, 4) is 0 Å². The molecule has 0 radical (unpaired) electrons. The topological polar surface area (TPSA) is 68.2 Å². The van der Waals surface area contributed by atoms with Crippen LogP contribution in [0.1, 0.15) is 10.4 Å². The van der Waals surface area contributed by atoms with Crippen molar-refractivity contribution < 1.29 is 0 Å². The van der Waals surface area contributed by atoms with E-state index in [2.05, 4.69) is 32.9 Å². The third-order valence-corrected chi connectivity index (χ3v) is 3.63. The predicted molar refractivity (Wildman–Crippen MR) is 94.8 cm³/mol. The van der Waals surface area contributed by atoms with E-state index in [1.165, 1.54) is 10.4 Å². The molecule has 2 aromatic heterocycles. The highest BCUT2D eigenvalue weighted by molar-refractivity contribution is 14.0. The molecule has 0 aliphatic carbocycles. The zero-order chi connectivity index (χ0) is 13.5. The average molecular weight is 405 g/mol.